The van der Waals surface area contributed by atoms with E-state index in [2.05, 4.69) is 79.7 Å². The van der Waals surface area contributed by atoms with Crippen molar-refractivity contribution in [3.05, 3.63) is 105 Å². The molecule has 0 amide bonds. The van der Waals surface area contributed by atoms with Crippen LogP contribution in [-0.4, -0.2) is 15.8 Å². The SMILES string of the molecule is CC(C)(C)c1cc(-c2ccc(N([O-])C(C)(C)C)cc2)c2c(c1)C(C)(C)c1cc(C(C)(C)C)cc(-c3ccc([N+](=O)C(C)(C)C)cc3)c1O2. The highest BCUT2D eigenvalue weighted by molar-refractivity contribution is 5.82. The van der Waals surface area contributed by atoms with Gasteiger partial charge in [-0.3, -0.25) is 0 Å². The summed E-state index contributed by atoms with van der Waals surface area (Å²) in [6.07, 6.45) is 0. The normalized spacial score (nSPS) is 14.6. The standard InChI is InChI=1S/C43H54N2O3/c1-39(2,3)29-23-33(27-15-19-31(20-16-27)44(46)41(7,8)9)37-35(25-29)43(13,14)36-26-30(40(4,5)6)24-34(38(36)48-37)28-17-21-32(22-18-28)45(47)42(10,11)12/h15-26H,1-14H3. The van der Waals surface area contributed by atoms with Gasteiger partial charge in [0.15, 0.2) is 0 Å². The largest absolute Gasteiger partial charge is 0.758 e. The van der Waals surface area contributed by atoms with E-state index < -0.39 is 11.1 Å². The second-order valence-corrected chi connectivity index (χ2v) is 18.1. The molecule has 5 heteroatoms. The molecule has 0 saturated heterocycles. The highest BCUT2D eigenvalue weighted by atomic mass is 16.5. The van der Waals surface area contributed by atoms with Crippen molar-refractivity contribution in [3.63, 3.8) is 0 Å². The number of fused-ring (bicyclic) bond motifs is 2. The molecule has 1 aliphatic heterocycles. The van der Waals surface area contributed by atoms with Crippen LogP contribution in [-0.2, 0) is 16.2 Å². The Morgan fingerprint density at radius 1 is 0.625 bits per heavy atom. The van der Waals surface area contributed by atoms with E-state index in [9.17, 15) is 10.1 Å². The van der Waals surface area contributed by atoms with E-state index in [1.165, 1.54) is 11.1 Å². The molecule has 0 radical (unpaired) electrons. The number of rotatable bonds is 4. The van der Waals surface area contributed by atoms with Crippen LogP contribution in [0.25, 0.3) is 22.3 Å². The van der Waals surface area contributed by atoms with Crippen molar-refractivity contribution in [2.75, 3.05) is 5.06 Å². The molecule has 0 saturated carbocycles. The number of benzene rings is 4. The summed E-state index contributed by atoms with van der Waals surface area (Å²) in [7, 11) is 0. The summed E-state index contributed by atoms with van der Waals surface area (Å²) in [5.74, 6) is 1.67. The number of hydrogen-bond acceptors (Lipinski definition) is 4. The third-order valence-corrected chi connectivity index (χ3v) is 9.50. The molecule has 48 heavy (non-hydrogen) atoms. The van der Waals surface area contributed by atoms with Crippen LogP contribution in [0.2, 0.25) is 0 Å². The Hall–Kier alpha value is -3.96. The molecule has 5 nitrogen and oxygen atoms in total. The number of ether oxygens (including phenoxy) is 1. The highest BCUT2D eigenvalue weighted by Crippen LogP contribution is 2.56. The van der Waals surface area contributed by atoms with Crippen molar-refractivity contribution in [1.82, 2.24) is 0 Å². The van der Waals surface area contributed by atoms with Crippen LogP contribution in [0.5, 0.6) is 11.5 Å². The van der Waals surface area contributed by atoms with E-state index in [0.717, 1.165) is 54.7 Å². The minimum atomic E-state index is -0.539. The van der Waals surface area contributed by atoms with Crippen LogP contribution in [0, 0.1) is 10.1 Å². The highest BCUT2D eigenvalue weighted by Gasteiger charge is 2.40. The second-order valence-electron chi connectivity index (χ2n) is 18.1. The maximum Gasteiger partial charge on any atom is 0.256 e. The van der Waals surface area contributed by atoms with Gasteiger partial charge in [-0.15, -0.1) is 0 Å². The summed E-state index contributed by atoms with van der Waals surface area (Å²) in [5, 5.41) is 14.1. The fourth-order valence-electron chi connectivity index (χ4n) is 6.28. The molecule has 5 rings (SSSR count). The predicted octanol–water partition coefficient (Wildman–Crippen LogP) is 12.4. The van der Waals surface area contributed by atoms with Crippen LogP contribution in [0.3, 0.4) is 0 Å². The number of hydroxylamine groups is 1. The lowest BCUT2D eigenvalue weighted by Gasteiger charge is -2.43. The smallest absolute Gasteiger partial charge is 0.256 e. The van der Waals surface area contributed by atoms with E-state index in [0.29, 0.717) is 11.4 Å². The van der Waals surface area contributed by atoms with Crippen molar-refractivity contribution in [2.24, 2.45) is 0 Å². The molecule has 0 N–H and O–H groups in total. The molecule has 0 bridgehead atoms. The Balaban J connectivity index is 1.75. The Kier molecular flexibility index (Phi) is 8.53. The maximum atomic E-state index is 13.0. The predicted molar refractivity (Wildman–Crippen MR) is 202 cm³/mol. The number of nitrogens with zero attached hydrogens (tertiary/aromatic N) is 2. The summed E-state index contributed by atoms with van der Waals surface area (Å²) in [4.78, 5) is 13.0. The Morgan fingerprint density at radius 2 is 1.02 bits per heavy atom. The summed E-state index contributed by atoms with van der Waals surface area (Å²) >= 11 is 0. The lowest BCUT2D eigenvalue weighted by Crippen LogP contribution is -2.36. The maximum absolute atomic E-state index is 13.0. The molecule has 0 fully saturated rings. The van der Waals surface area contributed by atoms with Crippen molar-refractivity contribution in [3.8, 4) is 33.8 Å². The Morgan fingerprint density at radius 3 is 1.38 bits per heavy atom. The van der Waals surface area contributed by atoms with Crippen LogP contribution in [0.4, 0.5) is 11.4 Å². The molecule has 254 valence electrons. The summed E-state index contributed by atoms with van der Waals surface area (Å²) < 4.78 is 8.20. The van der Waals surface area contributed by atoms with Crippen LogP contribution in [0.1, 0.15) is 119 Å². The first-order valence-corrected chi connectivity index (χ1v) is 17.1. The molecule has 1 heterocycles. The molecule has 0 unspecified atom stereocenters. The van der Waals surface area contributed by atoms with E-state index >= 15 is 0 Å². The van der Waals surface area contributed by atoms with Gasteiger partial charge in [0.25, 0.3) is 5.69 Å². The minimum Gasteiger partial charge on any atom is -0.758 e. The van der Waals surface area contributed by atoms with Gasteiger partial charge in [0.2, 0.25) is 5.54 Å². The van der Waals surface area contributed by atoms with Crippen molar-refractivity contribution < 1.29 is 9.50 Å². The monoisotopic (exact) mass is 646 g/mol. The molecule has 0 aliphatic carbocycles. The van der Waals surface area contributed by atoms with Crippen molar-refractivity contribution in [1.29, 1.82) is 0 Å². The number of anilines is 1. The van der Waals surface area contributed by atoms with Gasteiger partial charge in [-0.2, -0.15) is 0 Å². The van der Waals surface area contributed by atoms with Gasteiger partial charge in [-0.25, -0.2) is 0 Å². The first-order valence-electron chi connectivity index (χ1n) is 17.1. The molecule has 1 aliphatic rings. The summed E-state index contributed by atoms with van der Waals surface area (Å²) in [6, 6.07) is 24.9. The van der Waals surface area contributed by atoms with Crippen LogP contribution < -0.4 is 9.80 Å². The fourth-order valence-corrected chi connectivity index (χ4v) is 6.28. The van der Waals surface area contributed by atoms with Gasteiger partial charge in [-0.1, -0.05) is 79.7 Å². The van der Waals surface area contributed by atoms with E-state index in [-0.39, 0.29) is 16.2 Å². The van der Waals surface area contributed by atoms with Crippen molar-refractivity contribution in [2.45, 2.75) is 124 Å². The number of hydrogen-bond donors (Lipinski definition) is 0. The van der Waals surface area contributed by atoms with Gasteiger partial charge in [0, 0.05) is 81.5 Å². The first-order chi connectivity index (χ1) is 21.9. The van der Waals surface area contributed by atoms with E-state index in [1.54, 1.807) is 0 Å². The fraction of sp³-hybridized carbons (Fsp3) is 0.442. The minimum absolute atomic E-state index is 0.0964. The molecular weight excluding hydrogens is 592 g/mol. The van der Waals surface area contributed by atoms with Gasteiger partial charge in [-0.05, 0) is 90.3 Å². The summed E-state index contributed by atoms with van der Waals surface area (Å²) in [6.45, 7) is 29.6. The lowest BCUT2D eigenvalue weighted by atomic mass is 9.70. The first kappa shape index (κ1) is 35.3. The second kappa shape index (κ2) is 11.6. The van der Waals surface area contributed by atoms with Gasteiger partial charge < -0.3 is 15.0 Å². The quantitative estimate of drug-likeness (QED) is 0.163. The molecule has 0 spiro atoms. The third-order valence-electron chi connectivity index (χ3n) is 9.50. The van der Waals surface area contributed by atoms with Crippen LogP contribution in [0.15, 0.2) is 72.8 Å². The average Bonchev–Trinajstić information content (AvgIpc) is 2.98. The van der Waals surface area contributed by atoms with Crippen molar-refractivity contribution >= 4 is 11.4 Å². The Labute approximate surface area is 288 Å². The lowest BCUT2D eigenvalue weighted by molar-refractivity contribution is -0.540. The zero-order valence-electron chi connectivity index (χ0n) is 31.5. The molecule has 0 aromatic heterocycles. The van der Waals surface area contributed by atoms with Gasteiger partial charge in [0.05, 0.1) is 0 Å². The summed E-state index contributed by atoms with van der Waals surface area (Å²) in [5.41, 5.74) is 8.34. The topological polar surface area (TPSA) is 55.6 Å². The molecular formula is C43H54N2O3. The zero-order valence-corrected chi connectivity index (χ0v) is 31.5. The molecule has 4 aromatic rings. The zero-order chi connectivity index (χ0) is 35.8. The molecule has 0 atom stereocenters. The van der Waals surface area contributed by atoms with E-state index in [4.69, 9.17) is 4.74 Å². The number of nitroso groups, excluding NO2 is 1. The van der Waals surface area contributed by atoms with E-state index in [1.807, 2.05) is 90.1 Å². The Bertz CT molecular complexity index is 1860. The third kappa shape index (κ3) is 6.54. The molecule has 4 aromatic carbocycles. The van der Waals surface area contributed by atoms with Gasteiger partial charge in [0.1, 0.15) is 11.5 Å². The van der Waals surface area contributed by atoms with Crippen LogP contribution >= 0.6 is 0 Å². The average molecular weight is 647 g/mol. The van der Waals surface area contributed by atoms with Gasteiger partial charge >= 0.3 is 0 Å².